The zero-order chi connectivity index (χ0) is 10.9. The number of hydrogen-bond donors (Lipinski definition) is 2. The van der Waals surface area contributed by atoms with E-state index in [1.54, 1.807) is 13.0 Å². The normalized spacial score (nSPS) is 11.7. The maximum atomic E-state index is 11.4. The summed E-state index contributed by atoms with van der Waals surface area (Å²) in [5.74, 6) is 4.96. The van der Waals surface area contributed by atoms with Gasteiger partial charge in [-0.3, -0.25) is 5.84 Å². The van der Waals surface area contributed by atoms with Gasteiger partial charge in [0.25, 0.3) is 10.0 Å². The minimum atomic E-state index is -3.54. The van der Waals surface area contributed by atoms with Gasteiger partial charge in [-0.15, -0.1) is 0 Å². The zero-order valence-corrected chi connectivity index (χ0v) is 9.27. The largest absolute Gasteiger partial charge is 0.257 e. The Hall–Kier alpha value is -0.910. The zero-order valence-electron chi connectivity index (χ0n) is 8.46. The molecular weight excluding hydrogens is 200 g/mol. The molecule has 0 fully saturated rings. The SMILES string of the molecule is Cc1cc(C)c(S(=O)(=O)NN)cc1C. The molecule has 14 heavy (non-hydrogen) atoms. The highest BCUT2D eigenvalue weighted by Crippen LogP contribution is 2.19. The van der Waals surface area contributed by atoms with Gasteiger partial charge in [-0.25, -0.2) is 8.42 Å². The average molecular weight is 214 g/mol. The molecule has 5 heteroatoms. The number of rotatable bonds is 2. The van der Waals surface area contributed by atoms with Crippen LogP contribution in [-0.2, 0) is 10.0 Å². The van der Waals surface area contributed by atoms with Gasteiger partial charge in [-0.1, -0.05) is 6.07 Å². The van der Waals surface area contributed by atoms with Crippen LogP contribution in [0.3, 0.4) is 0 Å². The van der Waals surface area contributed by atoms with Crippen molar-refractivity contribution in [3.8, 4) is 0 Å². The van der Waals surface area contributed by atoms with Gasteiger partial charge < -0.3 is 0 Å². The van der Waals surface area contributed by atoms with Crippen molar-refractivity contribution < 1.29 is 8.42 Å². The first-order valence-corrected chi connectivity index (χ1v) is 5.67. The summed E-state index contributed by atoms with van der Waals surface area (Å²) in [6.45, 7) is 5.55. The number of sulfonamides is 1. The Morgan fingerprint density at radius 3 is 2.07 bits per heavy atom. The molecule has 0 radical (unpaired) electrons. The average Bonchev–Trinajstić information content (AvgIpc) is 2.11. The number of nitrogens with two attached hydrogens (primary N) is 1. The number of benzene rings is 1. The summed E-state index contributed by atoms with van der Waals surface area (Å²) in [4.78, 5) is 2.06. The van der Waals surface area contributed by atoms with Gasteiger partial charge in [0, 0.05) is 0 Å². The fraction of sp³-hybridized carbons (Fsp3) is 0.333. The molecule has 3 N–H and O–H groups in total. The van der Waals surface area contributed by atoms with Crippen molar-refractivity contribution >= 4 is 10.0 Å². The molecule has 0 aliphatic heterocycles. The fourth-order valence-corrected chi connectivity index (χ4v) is 2.23. The van der Waals surface area contributed by atoms with Gasteiger partial charge in [-0.2, -0.15) is 4.83 Å². The molecule has 0 aliphatic carbocycles. The predicted molar refractivity (Wildman–Crippen MR) is 55.2 cm³/mol. The minimum absolute atomic E-state index is 0.239. The number of hydrogen-bond acceptors (Lipinski definition) is 3. The standard InChI is InChI=1S/C9H14N2O2S/c1-6-4-8(3)9(5-7(6)2)14(12,13)11-10/h4-5,11H,10H2,1-3H3. The van der Waals surface area contributed by atoms with Crippen LogP contribution in [0.4, 0.5) is 0 Å². The lowest BCUT2D eigenvalue weighted by atomic mass is 10.1. The highest BCUT2D eigenvalue weighted by Gasteiger charge is 2.15. The van der Waals surface area contributed by atoms with E-state index in [0.29, 0.717) is 5.56 Å². The van der Waals surface area contributed by atoms with Crippen molar-refractivity contribution in [2.45, 2.75) is 25.7 Å². The second-order valence-electron chi connectivity index (χ2n) is 3.32. The molecular formula is C9H14N2O2S. The lowest BCUT2D eigenvalue weighted by molar-refractivity contribution is 0.583. The Kier molecular flexibility index (Phi) is 2.94. The van der Waals surface area contributed by atoms with E-state index in [9.17, 15) is 8.42 Å². The van der Waals surface area contributed by atoms with Crippen LogP contribution in [0.5, 0.6) is 0 Å². The minimum Gasteiger partial charge on any atom is -0.257 e. The Bertz CT molecular complexity index is 452. The van der Waals surface area contributed by atoms with E-state index < -0.39 is 10.0 Å². The lowest BCUT2D eigenvalue weighted by Crippen LogP contribution is -2.30. The number of aryl methyl sites for hydroxylation is 3. The summed E-state index contributed by atoms with van der Waals surface area (Å²) in [6.07, 6.45) is 0. The first kappa shape index (κ1) is 11.2. The maximum absolute atomic E-state index is 11.4. The van der Waals surface area contributed by atoms with E-state index in [0.717, 1.165) is 11.1 Å². The molecule has 4 nitrogen and oxygen atoms in total. The highest BCUT2D eigenvalue weighted by molar-refractivity contribution is 7.89. The van der Waals surface area contributed by atoms with Crippen LogP contribution < -0.4 is 10.7 Å². The van der Waals surface area contributed by atoms with E-state index in [1.165, 1.54) is 0 Å². The molecule has 0 unspecified atom stereocenters. The van der Waals surface area contributed by atoms with Crippen molar-refractivity contribution in [3.05, 3.63) is 28.8 Å². The van der Waals surface area contributed by atoms with Gasteiger partial charge in [0.15, 0.2) is 0 Å². The second-order valence-corrected chi connectivity index (χ2v) is 5.01. The van der Waals surface area contributed by atoms with Crippen LogP contribution in [0, 0.1) is 20.8 Å². The van der Waals surface area contributed by atoms with E-state index in [1.807, 2.05) is 24.7 Å². The van der Waals surface area contributed by atoms with Crippen LogP contribution in [-0.4, -0.2) is 8.42 Å². The second kappa shape index (κ2) is 3.68. The summed E-state index contributed by atoms with van der Waals surface area (Å²) in [7, 11) is -3.54. The third-order valence-electron chi connectivity index (χ3n) is 2.24. The third kappa shape index (κ3) is 1.95. The molecule has 78 valence electrons. The summed E-state index contributed by atoms with van der Waals surface area (Å²) in [5.41, 5.74) is 2.70. The van der Waals surface area contributed by atoms with Crippen molar-refractivity contribution in [1.29, 1.82) is 0 Å². The van der Waals surface area contributed by atoms with Gasteiger partial charge in [0.1, 0.15) is 0 Å². The Balaban J connectivity index is 3.45. The summed E-state index contributed by atoms with van der Waals surface area (Å²) < 4.78 is 22.9. The van der Waals surface area contributed by atoms with Crippen molar-refractivity contribution in [3.63, 3.8) is 0 Å². The molecule has 1 aromatic carbocycles. The summed E-state index contributed by atoms with van der Waals surface area (Å²) >= 11 is 0. The lowest BCUT2D eigenvalue weighted by Gasteiger charge is -2.09. The van der Waals surface area contributed by atoms with E-state index in [2.05, 4.69) is 0 Å². The molecule has 0 heterocycles. The molecule has 0 aliphatic rings. The van der Waals surface area contributed by atoms with Crippen LogP contribution in [0.2, 0.25) is 0 Å². The molecule has 1 aromatic rings. The Morgan fingerprint density at radius 2 is 1.57 bits per heavy atom. The predicted octanol–water partition coefficient (Wildman–Crippen LogP) is 0.764. The van der Waals surface area contributed by atoms with E-state index >= 15 is 0 Å². The van der Waals surface area contributed by atoms with Crippen LogP contribution in [0.25, 0.3) is 0 Å². The van der Waals surface area contributed by atoms with Gasteiger partial charge in [0.05, 0.1) is 4.90 Å². The molecule has 0 saturated carbocycles. The van der Waals surface area contributed by atoms with Crippen molar-refractivity contribution in [2.75, 3.05) is 0 Å². The molecule has 0 bridgehead atoms. The van der Waals surface area contributed by atoms with Crippen LogP contribution >= 0.6 is 0 Å². The first-order chi connectivity index (χ1) is 6.38. The first-order valence-electron chi connectivity index (χ1n) is 4.18. The molecule has 0 spiro atoms. The molecule has 0 amide bonds. The topological polar surface area (TPSA) is 72.2 Å². The monoisotopic (exact) mass is 214 g/mol. The number of hydrazine groups is 1. The van der Waals surface area contributed by atoms with Crippen molar-refractivity contribution in [1.82, 2.24) is 4.83 Å². The van der Waals surface area contributed by atoms with Gasteiger partial charge in [0.2, 0.25) is 0 Å². The molecule has 0 atom stereocenters. The third-order valence-corrected chi connectivity index (χ3v) is 3.57. The maximum Gasteiger partial charge on any atom is 0.253 e. The van der Waals surface area contributed by atoms with Crippen molar-refractivity contribution in [2.24, 2.45) is 5.84 Å². The number of nitrogens with one attached hydrogen (secondary N) is 1. The van der Waals surface area contributed by atoms with Gasteiger partial charge >= 0.3 is 0 Å². The fourth-order valence-electron chi connectivity index (χ4n) is 1.29. The summed E-state index contributed by atoms with van der Waals surface area (Å²) in [6, 6.07) is 3.46. The van der Waals surface area contributed by atoms with Crippen LogP contribution in [0.15, 0.2) is 17.0 Å². The van der Waals surface area contributed by atoms with Gasteiger partial charge in [-0.05, 0) is 43.5 Å². The Morgan fingerprint density at radius 1 is 1.07 bits per heavy atom. The molecule has 0 aromatic heterocycles. The summed E-state index contributed by atoms with van der Waals surface area (Å²) in [5, 5.41) is 0. The molecule has 1 rings (SSSR count). The van der Waals surface area contributed by atoms with E-state index in [-0.39, 0.29) is 4.90 Å². The van der Waals surface area contributed by atoms with Crippen LogP contribution in [0.1, 0.15) is 16.7 Å². The smallest absolute Gasteiger partial charge is 0.253 e. The highest BCUT2D eigenvalue weighted by atomic mass is 32.2. The quantitative estimate of drug-likeness (QED) is 0.564. The molecule has 0 saturated heterocycles. The van der Waals surface area contributed by atoms with E-state index in [4.69, 9.17) is 5.84 Å². The Labute approximate surface area is 84.1 Å².